The Hall–Kier alpha value is -1.46. The number of methoxy groups -OCH3 is 1. The Bertz CT molecular complexity index is 277. The Kier molecular flexibility index (Phi) is 4.60. The first-order valence-corrected chi connectivity index (χ1v) is 4.28. The number of nitrogens with one attached hydrogen (secondary N) is 2. The van der Waals surface area contributed by atoms with Gasteiger partial charge in [0.05, 0.1) is 6.61 Å². The molecule has 0 aromatic carbocycles. The second-order valence-corrected chi connectivity index (χ2v) is 2.59. The summed E-state index contributed by atoms with van der Waals surface area (Å²) in [5.74, 6) is -0.248. The molecule has 5 heteroatoms. The van der Waals surface area contributed by atoms with Crippen LogP contribution in [0.5, 0.6) is 0 Å². The van der Waals surface area contributed by atoms with Crippen molar-refractivity contribution in [2.45, 2.75) is 0 Å². The molecule has 0 aliphatic carbocycles. The molecule has 1 rings (SSSR count). The van der Waals surface area contributed by atoms with E-state index in [1.54, 1.807) is 31.5 Å². The summed E-state index contributed by atoms with van der Waals surface area (Å²) in [5, 5.41) is 0. The van der Waals surface area contributed by atoms with Crippen LogP contribution >= 0.6 is 0 Å². The standard InChI is InChI=1S/C9H13N3O2/c1-14-7-6-11-12-9(13)8-4-2-3-5-10-8/h2-5,11H,6-7H2,1H3,(H,12,13). The van der Waals surface area contributed by atoms with Gasteiger partial charge in [0.15, 0.2) is 0 Å². The lowest BCUT2D eigenvalue weighted by molar-refractivity contribution is 0.0921. The van der Waals surface area contributed by atoms with Crippen molar-refractivity contribution in [2.24, 2.45) is 0 Å². The molecule has 0 radical (unpaired) electrons. The number of hydrazine groups is 1. The molecule has 0 saturated carbocycles. The number of aromatic nitrogens is 1. The molecule has 5 nitrogen and oxygen atoms in total. The van der Waals surface area contributed by atoms with Gasteiger partial charge in [-0.2, -0.15) is 0 Å². The number of hydrogen-bond acceptors (Lipinski definition) is 4. The predicted molar refractivity (Wildman–Crippen MR) is 51.6 cm³/mol. The summed E-state index contributed by atoms with van der Waals surface area (Å²) in [6.45, 7) is 1.11. The van der Waals surface area contributed by atoms with E-state index in [2.05, 4.69) is 15.8 Å². The fraction of sp³-hybridized carbons (Fsp3) is 0.333. The zero-order valence-corrected chi connectivity index (χ0v) is 7.99. The molecule has 0 aliphatic heterocycles. The van der Waals surface area contributed by atoms with Gasteiger partial charge in [-0.05, 0) is 12.1 Å². The third-order valence-electron chi connectivity index (χ3n) is 1.53. The third-order valence-corrected chi connectivity index (χ3v) is 1.53. The first-order chi connectivity index (χ1) is 6.84. The van der Waals surface area contributed by atoms with Gasteiger partial charge in [0.2, 0.25) is 0 Å². The van der Waals surface area contributed by atoms with E-state index >= 15 is 0 Å². The van der Waals surface area contributed by atoms with Gasteiger partial charge in [-0.3, -0.25) is 15.2 Å². The molecule has 1 heterocycles. The third kappa shape index (κ3) is 3.51. The lowest BCUT2D eigenvalue weighted by Crippen LogP contribution is -2.39. The molecule has 1 aromatic rings. The van der Waals surface area contributed by atoms with Crippen LogP contribution in [-0.4, -0.2) is 31.2 Å². The van der Waals surface area contributed by atoms with Gasteiger partial charge in [-0.15, -0.1) is 0 Å². The average Bonchev–Trinajstić information content (AvgIpc) is 2.25. The van der Waals surface area contributed by atoms with Crippen LogP contribution in [0.2, 0.25) is 0 Å². The highest BCUT2D eigenvalue weighted by molar-refractivity contribution is 5.91. The molecule has 0 unspecified atom stereocenters. The lowest BCUT2D eigenvalue weighted by Gasteiger charge is -2.05. The minimum Gasteiger partial charge on any atom is -0.383 e. The Balaban J connectivity index is 2.29. The van der Waals surface area contributed by atoms with Crippen molar-refractivity contribution in [3.8, 4) is 0 Å². The van der Waals surface area contributed by atoms with Crippen LogP contribution in [0.15, 0.2) is 24.4 Å². The fourth-order valence-corrected chi connectivity index (χ4v) is 0.857. The molecule has 1 aromatic heterocycles. The van der Waals surface area contributed by atoms with Gasteiger partial charge in [0.25, 0.3) is 5.91 Å². The van der Waals surface area contributed by atoms with Crippen molar-refractivity contribution < 1.29 is 9.53 Å². The SMILES string of the molecule is COCCNNC(=O)c1ccccn1. The molecule has 76 valence electrons. The molecule has 0 fully saturated rings. The summed E-state index contributed by atoms with van der Waals surface area (Å²) < 4.78 is 4.80. The zero-order chi connectivity index (χ0) is 10.2. The topological polar surface area (TPSA) is 63.2 Å². The number of pyridine rings is 1. The van der Waals surface area contributed by atoms with E-state index in [1.807, 2.05) is 0 Å². The summed E-state index contributed by atoms with van der Waals surface area (Å²) in [5.41, 5.74) is 5.61. The number of carbonyl (C=O) groups is 1. The van der Waals surface area contributed by atoms with E-state index in [0.717, 1.165) is 0 Å². The molecule has 0 bridgehead atoms. The Labute approximate surface area is 82.5 Å². The highest BCUT2D eigenvalue weighted by Gasteiger charge is 2.03. The number of carbonyl (C=O) groups excluding carboxylic acids is 1. The first-order valence-electron chi connectivity index (χ1n) is 4.28. The smallest absolute Gasteiger partial charge is 0.283 e. The summed E-state index contributed by atoms with van der Waals surface area (Å²) in [7, 11) is 1.60. The second-order valence-electron chi connectivity index (χ2n) is 2.59. The lowest BCUT2D eigenvalue weighted by atomic mass is 10.3. The highest BCUT2D eigenvalue weighted by Crippen LogP contribution is 1.91. The summed E-state index contributed by atoms with van der Waals surface area (Å²) >= 11 is 0. The molecule has 0 saturated heterocycles. The Morgan fingerprint density at radius 3 is 3.07 bits per heavy atom. The number of nitrogens with zero attached hydrogens (tertiary/aromatic N) is 1. The molecule has 1 amide bonds. The van der Waals surface area contributed by atoms with Gasteiger partial charge in [0, 0.05) is 19.9 Å². The van der Waals surface area contributed by atoms with Crippen molar-refractivity contribution in [2.75, 3.05) is 20.3 Å². The van der Waals surface area contributed by atoms with E-state index in [9.17, 15) is 4.79 Å². The van der Waals surface area contributed by atoms with Crippen LogP contribution < -0.4 is 10.9 Å². The molecule has 0 aliphatic rings. The summed E-state index contributed by atoms with van der Waals surface area (Å²) in [6, 6.07) is 5.17. The van der Waals surface area contributed by atoms with E-state index in [1.165, 1.54) is 0 Å². The molecule has 0 atom stereocenters. The minimum atomic E-state index is -0.248. The number of ether oxygens (including phenoxy) is 1. The van der Waals surface area contributed by atoms with Gasteiger partial charge >= 0.3 is 0 Å². The van der Waals surface area contributed by atoms with Crippen LogP contribution in [0.4, 0.5) is 0 Å². The fourth-order valence-electron chi connectivity index (χ4n) is 0.857. The van der Waals surface area contributed by atoms with E-state index in [-0.39, 0.29) is 5.91 Å². The molecular formula is C9H13N3O2. The minimum absolute atomic E-state index is 0.248. The van der Waals surface area contributed by atoms with Crippen molar-refractivity contribution >= 4 is 5.91 Å². The summed E-state index contributed by atoms with van der Waals surface area (Å²) in [6.07, 6.45) is 1.57. The second kappa shape index (κ2) is 6.06. The number of amides is 1. The maximum atomic E-state index is 11.3. The van der Waals surface area contributed by atoms with E-state index in [4.69, 9.17) is 4.74 Å². The van der Waals surface area contributed by atoms with Crippen LogP contribution in [-0.2, 0) is 4.74 Å². The quantitative estimate of drug-likeness (QED) is 0.511. The molecule has 2 N–H and O–H groups in total. The first kappa shape index (κ1) is 10.6. The largest absolute Gasteiger partial charge is 0.383 e. The van der Waals surface area contributed by atoms with Gasteiger partial charge in [0.1, 0.15) is 5.69 Å². The van der Waals surface area contributed by atoms with Crippen molar-refractivity contribution in [1.29, 1.82) is 0 Å². The highest BCUT2D eigenvalue weighted by atomic mass is 16.5. The van der Waals surface area contributed by atoms with E-state index in [0.29, 0.717) is 18.8 Å². The monoisotopic (exact) mass is 195 g/mol. The summed E-state index contributed by atoms with van der Waals surface area (Å²) in [4.78, 5) is 15.2. The van der Waals surface area contributed by atoms with Crippen molar-refractivity contribution in [3.05, 3.63) is 30.1 Å². The average molecular weight is 195 g/mol. The van der Waals surface area contributed by atoms with Gasteiger partial charge in [-0.25, -0.2) is 5.43 Å². The Morgan fingerprint density at radius 1 is 1.57 bits per heavy atom. The maximum Gasteiger partial charge on any atom is 0.283 e. The van der Waals surface area contributed by atoms with Crippen LogP contribution in [0.25, 0.3) is 0 Å². The van der Waals surface area contributed by atoms with Crippen LogP contribution in [0.3, 0.4) is 0 Å². The zero-order valence-electron chi connectivity index (χ0n) is 7.99. The van der Waals surface area contributed by atoms with Gasteiger partial charge in [-0.1, -0.05) is 6.07 Å². The normalized spacial score (nSPS) is 9.79. The van der Waals surface area contributed by atoms with Crippen molar-refractivity contribution in [3.63, 3.8) is 0 Å². The van der Waals surface area contributed by atoms with E-state index < -0.39 is 0 Å². The molecule has 0 spiro atoms. The maximum absolute atomic E-state index is 11.3. The van der Waals surface area contributed by atoms with Crippen LogP contribution in [0, 0.1) is 0 Å². The van der Waals surface area contributed by atoms with Crippen LogP contribution in [0.1, 0.15) is 10.5 Å². The van der Waals surface area contributed by atoms with Crippen molar-refractivity contribution in [1.82, 2.24) is 15.8 Å². The Morgan fingerprint density at radius 2 is 2.43 bits per heavy atom. The number of hydrogen-bond donors (Lipinski definition) is 2. The number of rotatable bonds is 5. The molecule has 14 heavy (non-hydrogen) atoms. The predicted octanol–water partition coefficient (Wildman–Crippen LogP) is -0.0376. The van der Waals surface area contributed by atoms with Gasteiger partial charge < -0.3 is 4.74 Å². The molecular weight excluding hydrogens is 182 g/mol.